The molecule has 2 atom stereocenters. The first-order valence-electron chi connectivity index (χ1n) is 9.34. The molecule has 26 heavy (non-hydrogen) atoms. The Morgan fingerprint density at radius 1 is 1.12 bits per heavy atom. The van der Waals surface area contributed by atoms with Crippen LogP contribution >= 0.6 is 0 Å². The molecule has 1 amide bonds. The number of rotatable bonds is 2. The van der Waals surface area contributed by atoms with Crippen molar-refractivity contribution >= 4 is 5.91 Å². The fourth-order valence-corrected chi connectivity index (χ4v) is 4.06. The zero-order valence-electron chi connectivity index (χ0n) is 15.2. The number of halogens is 1. The molecule has 1 aliphatic heterocycles. The van der Waals surface area contributed by atoms with Crippen molar-refractivity contribution in [3.63, 3.8) is 0 Å². The van der Waals surface area contributed by atoms with Gasteiger partial charge in [0.2, 0.25) is 0 Å². The van der Waals surface area contributed by atoms with E-state index in [1.165, 1.54) is 12.1 Å². The van der Waals surface area contributed by atoms with Crippen LogP contribution in [0.4, 0.5) is 4.39 Å². The largest absolute Gasteiger partial charge is 0.372 e. The maximum absolute atomic E-state index is 13.3. The van der Waals surface area contributed by atoms with Crippen LogP contribution in [0.5, 0.6) is 0 Å². The van der Waals surface area contributed by atoms with E-state index in [0.717, 1.165) is 42.6 Å². The molecule has 1 aromatic carbocycles. The second-order valence-electron chi connectivity index (χ2n) is 7.34. The van der Waals surface area contributed by atoms with Gasteiger partial charge in [0.1, 0.15) is 5.82 Å². The first kappa shape index (κ1) is 17.2. The monoisotopic (exact) mass is 357 g/mol. The van der Waals surface area contributed by atoms with Crippen LogP contribution in [0.2, 0.25) is 0 Å². The van der Waals surface area contributed by atoms with E-state index < -0.39 is 0 Å². The number of carbonyl (C=O) groups excluding carboxylic acids is 1. The van der Waals surface area contributed by atoms with E-state index in [4.69, 9.17) is 4.74 Å². The Hall–Kier alpha value is -2.21. The van der Waals surface area contributed by atoms with Crippen LogP contribution in [0.25, 0.3) is 5.69 Å². The highest BCUT2D eigenvalue weighted by Crippen LogP contribution is 2.28. The predicted molar refractivity (Wildman–Crippen MR) is 96.1 cm³/mol. The Balaban J connectivity index is 1.72. The van der Waals surface area contributed by atoms with Gasteiger partial charge in [-0.1, -0.05) is 0 Å². The number of ether oxygens (including phenoxy) is 1. The molecule has 1 aromatic heterocycles. The van der Waals surface area contributed by atoms with Gasteiger partial charge < -0.3 is 9.64 Å². The van der Waals surface area contributed by atoms with Crippen molar-refractivity contribution in [2.45, 2.75) is 51.7 Å². The van der Waals surface area contributed by atoms with Gasteiger partial charge in [0, 0.05) is 24.3 Å². The third-order valence-corrected chi connectivity index (χ3v) is 5.16. The number of amides is 1. The van der Waals surface area contributed by atoms with Gasteiger partial charge in [-0.2, -0.15) is 5.10 Å². The molecule has 2 aromatic rings. The Labute approximate surface area is 152 Å². The Bertz CT molecular complexity index is 805. The number of nitrogens with zero attached hydrogens (tertiary/aromatic N) is 3. The zero-order valence-corrected chi connectivity index (χ0v) is 15.2. The fraction of sp³-hybridized carbons (Fsp3) is 0.500. The lowest BCUT2D eigenvalue weighted by atomic mass is 9.95. The SMILES string of the molecule is C[C@@H]1CN(C(=O)c2nn(-c3ccc(F)cc3)c3c2CCCC3)C[C@@H](C)O1. The van der Waals surface area contributed by atoms with Gasteiger partial charge in [0.15, 0.2) is 5.69 Å². The number of hydrogen-bond donors (Lipinski definition) is 0. The summed E-state index contributed by atoms with van der Waals surface area (Å²) < 4.78 is 20.9. The van der Waals surface area contributed by atoms with Crippen LogP contribution in [0.15, 0.2) is 24.3 Å². The van der Waals surface area contributed by atoms with Gasteiger partial charge in [-0.05, 0) is 63.8 Å². The van der Waals surface area contributed by atoms with Crippen molar-refractivity contribution in [2.75, 3.05) is 13.1 Å². The number of morpholine rings is 1. The lowest BCUT2D eigenvalue weighted by molar-refractivity contribution is -0.0587. The van der Waals surface area contributed by atoms with Crippen LogP contribution in [0.3, 0.4) is 0 Å². The molecular formula is C20H24FN3O2. The molecule has 2 heterocycles. The third-order valence-electron chi connectivity index (χ3n) is 5.16. The second-order valence-corrected chi connectivity index (χ2v) is 7.34. The highest BCUT2D eigenvalue weighted by molar-refractivity contribution is 5.94. The number of benzene rings is 1. The molecular weight excluding hydrogens is 333 g/mol. The molecule has 0 unspecified atom stereocenters. The van der Waals surface area contributed by atoms with Crippen molar-refractivity contribution in [3.8, 4) is 5.69 Å². The molecule has 0 saturated carbocycles. The van der Waals surface area contributed by atoms with Gasteiger partial charge in [0.25, 0.3) is 5.91 Å². The summed E-state index contributed by atoms with van der Waals surface area (Å²) in [7, 11) is 0. The van der Waals surface area contributed by atoms with E-state index in [9.17, 15) is 9.18 Å². The molecule has 1 aliphatic carbocycles. The lowest BCUT2D eigenvalue weighted by Crippen LogP contribution is -2.48. The van der Waals surface area contributed by atoms with Crippen LogP contribution in [0, 0.1) is 5.82 Å². The van der Waals surface area contributed by atoms with Crippen molar-refractivity contribution in [2.24, 2.45) is 0 Å². The predicted octanol–water partition coefficient (Wildman–Crippen LogP) is 3.14. The quantitative estimate of drug-likeness (QED) is 0.830. The minimum absolute atomic E-state index is 0.0222. The molecule has 0 bridgehead atoms. The highest BCUT2D eigenvalue weighted by atomic mass is 19.1. The van der Waals surface area contributed by atoms with Crippen LogP contribution in [-0.2, 0) is 17.6 Å². The Kier molecular flexibility index (Phi) is 4.53. The zero-order chi connectivity index (χ0) is 18.3. The van der Waals surface area contributed by atoms with Crippen LogP contribution in [0.1, 0.15) is 48.4 Å². The van der Waals surface area contributed by atoms with E-state index >= 15 is 0 Å². The van der Waals surface area contributed by atoms with Crippen molar-refractivity contribution in [3.05, 3.63) is 47.0 Å². The summed E-state index contributed by atoms with van der Waals surface area (Å²) in [6, 6.07) is 6.28. The highest BCUT2D eigenvalue weighted by Gasteiger charge is 2.32. The number of carbonyl (C=O) groups is 1. The average Bonchev–Trinajstić information content (AvgIpc) is 3.01. The summed E-state index contributed by atoms with van der Waals surface area (Å²) in [4.78, 5) is 15.0. The van der Waals surface area contributed by atoms with Gasteiger partial charge in [0.05, 0.1) is 17.9 Å². The van der Waals surface area contributed by atoms with Crippen molar-refractivity contribution in [1.82, 2.24) is 14.7 Å². The molecule has 0 spiro atoms. The topological polar surface area (TPSA) is 47.4 Å². The maximum Gasteiger partial charge on any atom is 0.274 e. The maximum atomic E-state index is 13.3. The van der Waals surface area contributed by atoms with E-state index in [1.54, 1.807) is 12.1 Å². The summed E-state index contributed by atoms with van der Waals surface area (Å²) in [5.74, 6) is -0.298. The summed E-state index contributed by atoms with van der Waals surface area (Å²) in [5, 5.41) is 4.68. The Morgan fingerprint density at radius 3 is 2.46 bits per heavy atom. The third kappa shape index (κ3) is 3.14. The van der Waals surface area contributed by atoms with Crippen LogP contribution < -0.4 is 0 Å². The van der Waals surface area contributed by atoms with Gasteiger partial charge in [-0.25, -0.2) is 9.07 Å². The van der Waals surface area contributed by atoms with E-state index in [0.29, 0.717) is 18.8 Å². The average molecular weight is 357 g/mol. The smallest absolute Gasteiger partial charge is 0.274 e. The number of hydrogen-bond acceptors (Lipinski definition) is 3. The molecule has 4 rings (SSSR count). The van der Waals surface area contributed by atoms with E-state index in [2.05, 4.69) is 5.10 Å². The fourth-order valence-electron chi connectivity index (χ4n) is 4.06. The first-order valence-corrected chi connectivity index (χ1v) is 9.34. The molecule has 2 aliphatic rings. The lowest BCUT2D eigenvalue weighted by Gasteiger charge is -2.35. The minimum atomic E-state index is -0.276. The second kappa shape index (κ2) is 6.83. The molecule has 138 valence electrons. The van der Waals surface area contributed by atoms with E-state index in [1.807, 2.05) is 23.4 Å². The van der Waals surface area contributed by atoms with Crippen LogP contribution in [-0.4, -0.2) is 45.9 Å². The van der Waals surface area contributed by atoms with Crippen molar-refractivity contribution < 1.29 is 13.9 Å². The van der Waals surface area contributed by atoms with Gasteiger partial charge in [-0.3, -0.25) is 4.79 Å². The minimum Gasteiger partial charge on any atom is -0.372 e. The Morgan fingerprint density at radius 2 is 1.77 bits per heavy atom. The van der Waals surface area contributed by atoms with E-state index in [-0.39, 0.29) is 23.9 Å². The normalized spacial score (nSPS) is 23.0. The van der Waals surface area contributed by atoms with Gasteiger partial charge >= 0.3 is 0 Å². The number of aromatic nitrogens is 2. The summed E-state index contributed by atoms with van der Waals surface area (Å²) in [6.45, 7) is 5.15. The molecule has 1 fully saturated rings. The molecule has 0 N–H and O–H groups in total. The summed E-state index contributed by atoms with van der Waals surface area (Å²) in [5.41, 5.74) is 3.48. The van der Waals surface area contributed by atoms with Gasteiger partial charge in [-0.15, -0.1) is 0 Å². The summed E-state index contributed by atoms with van der Waals surface area (Å²) in [6.07, 6.45) is 3.96. The number of fused-ring (bicyclic) bond motifs is 1. The molecule has 0 radical (unpaired) electrons. The molecule has 5 nitrogen and oxygen atoms in total. The standard InChI is InChI=1S/C20H24FN3O2/c1-13-11-23(12-14(2)26-13)20(25)19-17-5-3-4-6-18(17)24(22-19)16-9-7-15(21)8-10-16/h7-10,13-14H,3-6,11-12H2,1-2H3/t13-,14-/m1/s1. The summed E-state index contributed by atoms with van der Waals surface area (Å²) >= 11 is 0. The van der Waals surface area contributed by atoms with Crippen molar-refractivity contribution in [1.29, 1.82) is 0 Å². The molecule has 6 heteroatoms. The molecule has 1 saturated heterocycles. The first-order chi connectivity index (χ1) is 12.5.